The number of hydrogen-bond acceptors (Lipinski definition) is 6. The van der Waals surface area contributed by atoms with Crippen molar-refractivity contribution >= 4 is 29.4 Å². The molecule has 1 aromatic rings. The Morgan fingerprint density at radius 1 is 1.03 bits per heavy atom. The van der Waals surface area contributed by atoms with Crippen molar-refractivity contribution in [2.75, 3.05) is 12.4 Å². The van der Waals surface area contributed by atoms with Crippen LogP contribution in [-0.4, -0.2) is 47.8 Å². The number of likely N-dealkylation sites (tertiary alicyclic amines) is 1. The number of carbonyl (C=O) groups excluding carboxylic acids is 4. The monoisotopic (exact) mass is 402 g/mol. The number of anilines is 1. The number of rotatable bonds is 6. The van der Waals surface area contributed by atoms with E-state index in [1.165, 1.54) is 13.8 Å². The molecule has 0 unspecified atom stereocenters. The summed E-state index contributed by atoms with van der Waals surface area (Å²) in [5, 5.41) is 2.65. The van der Waals surface area contributed by atoms with Crippen LogP contribution in [0.5, 0.6) is 5.75 Å². The smallest absolute Gasteiger partial charge is 0.329 e. The summed E-state index contributed by atoms with van der Waals surface area (Å²) in [6.07, 6.45) is 2.09. The molecule has 0 aromatic heterocycles. The number of ether oxygens (including phenoxy) is 2. The predicted octanol–water partition coefficient (Wildman–Crippen LogP) is 2.13. The molecule has 1 N–H and O–H groups in total. The van der Waals surface area contributed by atoms with E-state index in [1.807, 2.05) is 0 Å². The summed E-state index contributed by atoms with van der Waals surface area (Å²) >= 11 is 0. The topological polar surface area (TPSA) is 102 Å². The largest absolute Gasteiger partial charge is 0.497 e. The average molecular weight is 402 g/mol. The van der Waals surface area contributed by atoms with Gasteiger partial charge >= 0.3 is 5.97 Å². The molecule has 1 saturated carbocycles. The molecule has 0 radical (unpaired) electrons. The van der Waals surface area contributed by atoms with Crippen LogP contribution in [0.4, 0.5) is 5.69 Å². The quantitative estimate of drug-likeness (QED) is 0.578. The van der Waals surface area contributed by atoms with Crippen molar-refractivity contribution in [3.63, 3.8) is 0 Å². The van der Waals surface area contributed by atoms with E-state index in [0.29, 0.717) is 24.3 Å². The van der Waals surface area contributed by atoms with Crippen molar-refractivity contribution in [2.45, 2.75) is 51.7 Å². The minimum Gasteiger partial charge on any atom is -0.497 e. The first-order valence-electron chi connectivity index (χ1n) is 9.85. The highest BCUT2D eigenvalue weighted by atomic mass is 16.5. The van der Waals surface area contributed by atoms with Crippen LogP contribution in [0.1, 0.15) is 39.5 Å². The van der Waals surface area contributed by atoms with E-state index in [4.69, 9.17) is 9.47 Å². The summed E-state index contributed by atoms with van der Waals surface area (Å²) in [7, 11) is 1.54. The lowest BCUT2D eigenvalue weighted by atomic mass is 9.81. The van der Waals surface area contributed by atoms with Crippen LogP contribution in [0, 0.1) is 11.8 Å². The van der Waals surface area contributed by atoms with Gasteiger partial charge in [-0.2, -0.15) is 0 Å². The van der Waals surface area contributed by atoms with Gasteiger partial charge in [0.25, 0.3) is 5.91 Å². The zero-order chi connectivity index (χ0) is 21.1. The highest BCUT2D eigenvalue weighted by Crippen LogP contribution is 2.38. The molecule has 2 fully saturated rings. The minimum absolute atomic E-state index is 0.306. The first kappa shape index (κ1) is 20.8. The van der Waals surface area contributed by atoms with Gasteiger partial charge in [-0.25, -0.2) is 4.79 Å². The number of hydrogen-bond donors (Lipinski definition) is 1. The average Bonchev–Trinajstić information content (AvgIpc) is 2.98. The standard InChI is InChI=1S/C21H26N2O6/c1-12(23-19(25)16-6-4-5-7-17(16)20(23)26)21(27)29-13(2)18(24)22-14-8-10-15(28-3)11-9-14/h8-13,16-17H,4-7H2,1-3H3,(H,22,24)/t12-,13+,16-,17-/m0/s1. The van der Waals surface area contributed by atoms with E-state index in [-0.39, 0.29) is 23.7 Å². The Morgan fingerprint density at radius 3 is 2.10 bits per heavy atom. The van der Waals surface area contributed by atoms with E-state index in [2.05, 4.69) is 5.32 Å². The summed E-state index contributed by atoms with van der Waals surface area (Å²) < 4.78 is 10.3. The second kappa shape index (κ2) is 8.63. The highest BCUT2D eigenvalue weighted by Gasteiger charge is 2.51. The number of benzene rings is 1. The molecule has 0 spiro atoms. The fraction of sp³-hybridized carbons (Fsp3) is 0.524. The van der Waals surface area contributed by atoms with Gasteiger partial charge in [0.1, 0.15) is 11.8 Å². The van der Waals surface area contributed by atoms with Gasteiger partial charge < -0.3 is 14.8 Å². The Kier molecular flexibility index (Phi) is 6.20. The lowest BCUT2D eigenvalue weighted by molar-refractivity contribution is -0.163. The van der Waals surface area contributed by atoms with Gasteiger partial charge in [-0.15, -0.1) is 0 Å². The van der Waals surface area contributed by atoms with Gasteiger partial charge in [0, 0.05) is 5.69 Å². The van der Waals surface area contributed by atoms with Gasteiger partial charge in [0.15, 0.2) is 6.10 Å². The molecular formula is C21H26N2O6. The van der Waals surface area contributed by atoms with Gasteiger partial charge in [0.05, 0.1) is 18.9 Å². The van der Waals surface area contributed by atoms with E-state index in [0.717, 1.165) is 17.7 Å². The maximum absolute atomic E-state index is 12.6. The number of esters is 1. The third kappa shape index (κ3) is 4.26. The molecule has 2 aliphatic rings. The molecule has 8 nitrogen and oxygen atoms in total. The van der Waals surface area contributed by atoms with Crippen LogP contribution in [0.2, 0.25) is 0 Å². The highest BCUT2D eigenvalue weighted by molar-refractivity contribution is 6.08. The molecule has 8 heteroatoms. The lowest BCUT2D eigenvalue weighted by Crippen LogP contribution is -2.46. The predicted molar refractivity (Wildman–Crippen MR) is 104 cm³/mol. The van der Waals surface area contributed by atoms with Gasteiger partial charge in [-0.05, 0) is 51.0 Å². The van der Waals surface area contributed by atoms with E-state index in [1.54, 1.807) is 31.4 Å². The normalized spacial score (nSPS) is 23.2. The summed E-state index contributed by atoms with van der Waals surface area (Å²) in [6, 6.07) is 5.66. The molecule has 4 atom stereocenters. The first-order valence-corrected chi connectivity index (χ1v) is 9.85. The van der Waals surface area contributed by atoms with Crippen molar-refractivity contribution in [3.8, 4) is 5.75 Å². The van der Waals surface area contributed by atoms with Crippen LogP contribution in [0.15, 0.2) is 24.3 Å². The van der Waals surface area contributed by atoms with Crippen molar-refractivity contribution in [2.24, 2.45) is 11.8 Å². The fourth-order valence-corrected chi connectivity index (χ4v) is 3.92. The number of amides is 3. The summed E-state index contributed by atoms with van der Waals surface area (Å²) in [5.74, 6) is -1.91. The lowest BCUT2D eigenvalue weighted by Gasteiger charge is -2.23. The third-order valence-electron chi connectivity index (χ3n) is 5.62. The van der Waals surface area contributed by atoms with Crippen molar-refractivity contribution in [1.82, 2.24) is 4.90 Å². The number of carbonyl (C=O) groups is 4. The molecule has 3 rings (SSSR count). The fourth-order valence-electron chi connectivity index (χ4n) is 3.92. The second-order valence-corrected chi connectivity index (χ2v) is 7.52. The number of imide groups is 1. The van der Waals surface area contributed by atoms with Crippen LogP contribution in [0.25, 0.3) is 0 Å². The van der Waals surface area contributed by atoms with Gasteiger partial charge in [-0.3, -0.25) is 19.3 Å². The van der Waals surface area contributed by atoms with Crippen LogP contribution >= 0.6 is 0 Å². The van der Waals surface area contributed by atoms with Crippen LogP contribution in [-0.2, 0) is 23.9 Å². The second-order valence-electron chi connectivity index (χ2n) is 7.52. The zero-order valence-electron chi connectivity index (χ0n) is 16.8. The minimum atomic E-state index is -1.08. The molecule has 1 saturated heterocycles. The van der Waals surface area contributed by atoms with Crippen molar-refractivity contribution in [3.05, 3.63) is 24.3 Å². The summed E-state index contributed by atoms with van der Waals surface area (Å²) in [6.45, 7) is 2.90. The maximum atomic E-state index is 12.6. The molecule has 29 heavy (non-hydrogen) atoms. The number of nitrogens with zero attached hydrogens (tertiary/aromatic N) is 1. The van der Waals surface area contributed by atoms with Crippen molar-refractivity contribution in [1.29, 1.82) is 0 Å². The number of nitrogens with one attached hydrogen (secondary N) is 1. The summed E-state index contributed by atoms with van der Waals surface area (Å²) in [4.78, 5) is 51.1. The van der Waals surface area contributed by atoms with Gasteiger partial charge in [0.2, 0.25) is 11.8 Å². The van der Waals surface area contributed by atoms with E-state index < -0.39 is 24.0 Å². The third-order valence-corrected chi connectivity index (χ3v) is 5.62. The molecule has 3 amide bonds. The molecule has 156 valence electrons. The maximum Gasteiger partial charge on any atom is 0.329 e. The molecule has 1 heterocycles. The molecular weight excluding hydrogens is 376 g/mol. The Labute approximate surface area is 169 Å². The number of fused-ring (bicyclic) bond motifs is 1. The summed E-state index contributed by atoms with van der Waals surface area (Å²) in [5.41, 5.74) is 0.528. The van der Waals surface area contributed by atoms with Crippen LogP contribution < -0.4 is 10.1 Å². The molecule has 1 aliphatic carbocycles. The number of methoxy groups -OCH3 is 1. The molecule has 0 bridgehead atoms. The van der Waals surface area contributed by atoms with Crippen molar-refractivity contribution < 1.29 is 28.7 Å². The first-order chi connectivity index (χ1) is 13.8. The van der Waals surface area contributed by atoms with Gasteiger partial charge in [-0.1, -0.05) is 12.8 Å². The van der Waals surface area contributed by atoms with Crippen LogP contribution in [0.3, 0.4) is 0 Å². The Balaban J connectivity index is 1.58. The Morgan fingerprint density at radius 2 is 1.59 bits per heavy atom. The van der Waals surface area contributed by atoms with E-state index in [9.17, 15) is 19.2 Å². The molecule has 1 aliphatic heterocycles. The Hall–Kier alpha value is -2.90. The Bertz CT molecular complexity index is 782. The zero-order valence-corrected chi connectivity index (χ0v) is 16.8. The molecule has 1 aromatic carbocycles. The SMILES string of the molecule is COc1ccc(NC(=O)[C@@H](C)OC(=O)[C@H](C)N2C(=O)[C@H]3CCCC[C@@H]3C2=O)cc1. The van der Waals surface area contributed by atoms with E-state index >= 15 is 0 Å².